The molecule has 1 aromatic heterocycles. The van der Waals surface area contributed by atoms with Crippen molar-refractivity contribution in [2.45, 2.75) is 31.4 Å². The molecule has 210 valence electrons. The summed E-state index contributed by atoms with van der Waals surface area (Å²) in [6.07, 6.45) is 3.81. The predicted octanol–water partition coefficient (Wildman–Crippen LogP) is 5.11. The van der Waals surface area contributed by atoms with E-state index in [4.69, 9.17) is 14.2 Å². The number of benzene rings is 3. The highest BCUT2D eigenvalue weighted by atomic mass is 32.2. The highest BCUT2D eigenvalue weighted by Gasteiger charge is 2.33. The topological polar surface area (TPSA) is 79.1 Å². The van der Waals surface area contributed by atoms with Gasteiger partial charge in [-0.2, -0.15) is 0 Å². The van der Waals surface area contributed by atoms with Gasteiger partial charge in [0, 0.05) is 4.90 Å². The van der Waals surface area contributed by atoms with E-state index in [0.717, 1.165) is 21.6 Å². The van der Waals surface area contributed by atoms with E-state index in [-0.39, 0.29) is 12.2 Å². The van der Waals surface area contributed by atoms with Crippen LogP contribution in [0.4, 0.5) is 0 Å². The van der Waals surface area contributed by atoms with Crippen molar-refractivity contribution in [2.75, 3.05) is 20.0 Å². The fourth-order valence-corrected chi connectivity index (χ4v) is 6.13. The summed E-state index contributed by atoms with van der Waals surface area (Å²) in [5.41, 5.74) is 3.32. The number of hydrogen-bond donors (Lipinski definition) is 0. The first-order valence-corrected chi connectivity index (χ1v) is 15.2. The van der Waals surface area contributed by atoms with Crippen LogP contribution in [0.25, 0.3) is 6.08 Å². The molecule has 0 fully saturated rings. The predicted molar refractivity (Wildman–Crippen MR) is 162 cm³/mol. The molecule has 0 radical (unpaired) electrons. The summed E-state index contributed by atoms with van der Waals surface area (Å²) in [5.74, 6) is 0.700. The number of carbonyl (C=O) groups excluding carboxylic acids is 1. The van der Waals surface area contributed by atoms with E-state index in [0.29, 0.717) is 38.7 Å². The summed E-state index contributed by atoms with van der Waals surface area (Å²) in [5, 5.41) is 0. The molecular formula is C32H30N2O5S2. The van der Waals surface area contributed by atoms with Crippen LogP contribution < -0.4 is 24.4 Å². The summed E-state index contributed by atoms with van der Waals surface area (Å²) in [6.45, 7) is 4.18. The van der Waals surface area contributed by atoms with Gasteiger partial charge in [-0.05, 0) is 67.1 Å². The second-order valence-electron chi connectivity index (χ2n) is 9.26. The summed E-state index contributed by atoms with van der Waals surface area (Å²) in [6, 6.07) is 22.7. The third-order valence-corrected chi connectivity index (χ3v) is 8.40. The third-order valence-electron chi connectivity index (χ3n) is 6.67. The molecule has 5 rings (SSSR count). The number of fused-ring (bicyclic) bond motifs is 1. The van der Waals surface area contributed by atoms with Gasteiger partial charge in [0.1, 0.15) is 6.61 Å². The van der Waals surface area contributed by atoms with Crippen LogP contribution in [0, 0.1) is 0 Å². The SMILES string of the molecule is CCOC(=O)C1=C(C)N=c2s/c(=C\c3ccc(OCc4ccccc4)c(OC)c3)c(=O)n2[C@@H]1c1ccc(SC)cc1. The standard InChI is InChI=1S/C32H30N2O5S2/c1-5-38-31(36)28-20(2)33-32-34(29(28)23-12-14-24(40-4)15-13-23)30(35)27(41-32)18-22-11-16-25(26(17-22)37-3)39-19-21-9-7-6-8-10-21/h6-18,29H,5,19H2,1-4H3/b27-18-/t29-/m1/s1. The van der Waals surface area contributed by atoms with Crippen molar-refractivity contribution in [1.82, 2.24) is 4.57 Å². The molecule has 1 atom stereocenters. The number of thiazole rings is 1. The number of esters is 1. The Bertz CT molecular complexity index is 1770. The fourth-order valence-electron chi connectivity index (χ4n) is 4.67. The number of rotatable bonds is 9. The zero-order chi connectivity index (χ0) is 28.9. The molecule has 0 saturated carbocycles. The highest BCUT2D eigenvalue weighted by molar-refractivity contribution is 7.98. The molecule has 0 amide bonds. The van der Waals surface area contributed by atoms with E-state index in [1.165, 1.54) is 11.3 Å². The average Bonchev–Trinajstić information content (AvgIpc) is 3.30. The molecular weight excluding hydrogens is 556 g/mol. The van der Waals surface area contributed by atoms with Crippen LogP contribution in [-0.2, 0) is 16.1 Å². The second-order valence-corrected chi connectivity index (χ2v) is 11.1. The zero-order valence-electron chi connectivity index (χ0n) is 23.2. The molecule has 3 aromatic carbocycles. The van der Waals surface area contributed by atoms with Crippen LogP contribution in [0.1, 0.15) is 36.6 Å². The van der Waals surface area contributed by atoms with Crippen molar-refractivity contribution < 1.29 is 19.0 Å². The van der Waals surface area contributed by atoms with Crippen LogP contribution in [0.2, 0.25) is 0 Å². The Kier molecular flexibility index (Phi) is 8.75. The number of thioether (sulfide) groups is 1. The van der Waals surface area contributed by atoms with E-state index in [2.05, 4.69) is 4.99 Å². The van der Waals surface area contributed by atoms with Crippen molar-refractivity contribution in [1.29, 1.82) is 0 Å². The molecule has 0 unspecified atom stereocenters. The van der Waals surface area contributed by atoms with Gasteiger partial charge >= 0.3 is 5.97 Å². The number of methoxy groups -OCH3 is 1. The van der Waals surface area contributed by atoms with Crippen LogP contribution in [0.3, 0.4) is 0 Å². The molecule has 0 spiro atoms. The van der Waals surface area contributed by atoms with Gasteiger partial charge in [0.25, 0.3) is 5.56 Å². The lowest BCUT2D eigenvalue weighted by Crippen LogP contribution is -2.39. The van der Waals surface area contributed by atoms with Gasteiger partial charge in [0.05, 0.1) is 35.6 Å². The van der Waals surface area contributed by atoms with E-state index in [1.54, 1.807) is 37.3 Å². The summed E-state index contributed by atoms with van der Waals surface area (Å²) < 4.78 is 19.1. The van der Waals surface area contributed by atoms with Crippen molar-refractivity contribution in [3.63, 3.8) is 0 Å². The minimum absolute atomic E-state index is 0.227. The van der Waals surface area contributed by atoms with Gasteiger partial charge < -0.3 is 14.2 Å². The Morgan fingerprint density at radius 2 is 1.83 bits per heavy atom. The summed E-state index contributed by atoms with van der Waals surface area (Å²) >= 11 is 2.91. The molecule has 0 aliphatic carbocycles. The number of hydrogen-bond acceptors (Lipinski definition) is 8. The number of aromatic nitrogens is 1. The minimum Gasteiger partial charge on any atom is -0.493 e. The molecule has 9 heteroatoms. The molecule has 1 aliphatic heterocycles. The molecule has 7 nitrogen and oxygen atoms in total. The molecule has 41 heavy (non-hydrogen) atoms. The maximum absolute atomic E-state index is 13.9. The van der Waals surface area contributed by atoms with Gasteiger partial charge in [-0.1, -0.05) is 59.9 Å². The largest absolute Gasteiger partial charge is 0.493 e. The first-order chi connectivity index (χ1) is 19.9. The van der Waals surface area contributed by atoms with E-state index >= 15 is 0 Å². The smallest absolute Gasteiger partial charge is 0.338 e. The lowest BCUT2D eigenvalue weighted by Gasteiger charge is -2.24. The van der Waals surface area contributed by atoms with E-state index < -0.39 is 12.0 Å². The van der Waals surface area contributed by atoms with Gasteiger partial charge in [-0.3, -0.25) is 9.36 Å². The fraction of sp³-hybridized carbons (Fsp3) is 0.219. The van der Waals surface area contributed by atoms with E-state index in [1.807, 2.05) is 85.1 Å². The number of allylic oxidation sites excluding steroid dienone is 1. The summed E-state index contributed by atoms with van der Waals surface area (Å²) in [7, 11) is 1.59. The maximum Gasteiger partial charge on any atom is 0.338 e. The van der Waals surface area contributed by atoms with Gasteiger partial charge in [-0.25, -0.2) is 9.79 Å². The van der Waals surface area contributed by atoms with Crippen LogP contribution in [-0.4, -0.2) is 30.5 Å². The first-order valence-electron chi connectivity index (χ1n) is 13.1. The molecule has 2 heterocycles. The Hall–Kier alpha value is -4.08. The molecule has 4 aromatic rings. The molecule has 0 bridgehead atoms. The Morgan fingerprint density at radius 1 is 1.07 bits per heavy atom. The monoisotopic (exact) mass is 586 g/mol. The van der Waals surface area contributed by atoms with Crippen LogP contribution in [0.5, 0.6) is 11.5 Å². The lowest BCUT2D eigenvalue weighted by molar-refractivity contribution is -0.139. The molecule has 0 N–H and O–H groups in total. The lowest BCUT2D eigenvalue weighted by atomic mass is 9.96. The normalized spacial score (nSPS) is 14.8. The van der Waals surface area contributed by atoms with Crippen molar-refractivity contribution in [2.24, 2.45) is 4.99 Å². The first kappa shape index (κ1) is 28.4. The van der Waals surface area contributed by atoms with E-state index in [9.17, 15) is 9.59 Å². The summed E-state index contributed by atoms with van der Waals surface area (Å²) in [4.78, 5) is 33.2. The van der Waals surface area contributed by atoms with Crippen molar-refractivity contribution >= 4 is 35.1 Å². The molecule has 0 saturated heterocycles. The highest BCUT2D eigenvalue weighted by Crippen LogP contribution is 2.32. The second kappa shape index (κ2) is 12.6. The van der Waals surface area contributed by atoms with Crippen molar-refractivity contribution in [3.8, 4) is 11.5 Å². The Balaban J connectivity index is 1.55. The van der Waals surface area contributed by atoms with Gasteiger partial charge in [-0.15, -0.1) is 11.8 Å². The molecule has 1 aliphatic rings. The third kappa shape index (κ3) is 6.01. The average molecular weight is 587 g/mol. The number of ether oxygens (including phenoxy) is 3. The number of carbonyl (C=O) groups is 1. The van der Waals surface area contributed by atoms with Crippen molar-refractivity contribution in [3.05, 3.63) is 120 Å². The van der Waals surface area contributed by atoms with Crippen LogP contribution >= 0.6 is 23.1 Å². The maximum atomic E-state index is 13.9. The van der Waals surface area contributed by atoms with Gasteiger partial charge in [0.2, 0.25) is 0 Å². The number of nitrogens with zero attached hydrogens (tertiary/aromatic N) is 2. The Labute approximate surface area is 246 Å². The van der Waals surface area contributed by atoms with Crippen LogP contribution in [0.15, 0.2) is 98.7 Å². The Morgan fingerprint density at radius 3 is 2.51 bits per heavy atom. The quantitative estimate of drug-likeness (QED) is 0.200. The minimum atomic E-state index is -0.647. The van der Waals surface area contributed by atoms with Gasteiger partial charge in [0.15, 0.2) is 16.3 Å². The zero-order valence-corrected chi connectivity index (χ0v) is 24.9.